The number of hydrogen-bond donors (Lipinski definition) is 4. The predicted octanol–water partition coefficient (Wildman–Crippen LogP) is 4.70. The van der Waals surface area contributed by atoms with Gasteiger partial charge in [0.25, 0.3) is 0 Å². The van der Waals surface area contributed by atoms with Gasteiger partial charge < -0.3 is 21.3 Å². The molecule has 2 aromatic rings. The third-order valence-corrected chi connectivity index (χ3v) is 5.25. The lowest BCUT2D eigenvalue weighted by Gasteiger charge is -2.14. The fourth-order valence-electron chi connectivity index (χ4n) is 3.02. The monoisotopic (exact) mass is 424 g/mol. The van der Waals surface area contributed by atoms with Gasteiger partial charge >= 0.3 is 5.97 Å². The number of carbonyl (C=O) groups is 1. The third-order valence-electron chi connectivity index (χ3n) is 4.62. The van der Waals surface area contributed by atoms with Crippen LogP contribution in [0.15, 0.2) is 36.4 Å². The van der Waals surface area contributed by atoms with E-state index in [-0.39, 0.29) is 0 Å². The van der Waals surface area contributed by atoms with E-state index in [1.165, 1.54) is 0 Å². The van der Waals surface area contributed by atoms with Crippen LogP contribution >= 0.6 is 23.2 Å². The van der Waals surface area contributed by atoms with Crippen molar-refractivity contribution in [3.05, 3.63) is 63.1 Å². The number of benzene rings is 2. The molecule has 152 valence electrons. The number of nitrogen functional groups attached to an aromatic ring is 1. The molecule has 0 spiro atoms. The van der Waals surface area contributed by atoms with E-state index in [9.17, 15) is 15.0 Å². The minimum absolute atomic E-state index is 0.318. The lowest BCUT2D eigenvalue weighted by molar-refractivity contribution is 0.0695. The van der Waals surface area contributed by atoms with Crippen LogP contribution in [0.1, 0.15) is 53.3 Å². The second-order valence-corrected chi connectivity index (χ2v) is 7.56. The highest BCUT2D eigenvalue weighted by Gasteiger charge is 2.12. The molecule has 0 aliphatic rings. The zero-order chi connectivity index (χ0) is 20.5. The fraction of sp³-hybridized carbons (Fsp3) is 0.381. The second kappa shape index (κ2) is 11.3. The summed E-state index contributed by atoms with van der Waals surface area (Å²) in [6, 6.07) is 10.4. The molecule has 0 amide bonds. The Bertz CT molecular complexity index is 776. The molecule has 2 aromatic carbocycles. The Morgan fingerprint density at radius 2 is 1.71 bits per heavy atom. The highest BCUT2D eigenvalue weighted by atomic mass is 35.5. The van der Waals surface area contributed by atoms with Gasteiger partial charge in [-0.25, -0.2) is 4.79 Å². The van der Waals surface area contributed by atoms with E-state index in [1.807, 2.05) is 12.1 Å². The van der Waals surface area contributed by atoms with Crippen molar-refractivity contribution in [2.24, 2.45) is 0 Å². The number of nitrogens with two attached hydrogens (primary N) is 1. The average molecular weight is 425 g/mol. The first-order valence-corrected chi connectivity index (χ1v) is 10.1. The van der Waals surface area contributed by atoms with E-state index < -0.39 is 12.1 Å². The quantitative estimate of drug-likeness (QED) is 0.309. The number of hydrogen-bond acceptors (Lipinski definition) is 4. The van der Waals surface area contributed by atoms with Crippen LogP contribution in [0.25, 0.3) is 0 Å². The molecule has 0 radical (unpaired) electrons. The number of nitrogens with one attached hydrogen (secondary N) is 1. The Kier molecular flexibility index (Phi) is 9.06. The van der Waals surface area contributed by atoms with Crippen molar-refractivity contribution in [1.82, 2.24) is 5.32 Å². The van der Waals surface area contributed by atoms with Gasteiger partial charge in [0.15, 0.2) is 0 Å². The van der Waals surface area contributed by atoms with Crippen molar-refractivity contribution in [2.45, 2.75) is 38.2 Å². The topological polar surface area (TPSA) is 95.6 Å². The number of aliphatic hydroxyl groups excluding tert-OH is 1. The van der Waals surface area contributed by atoms with E-state index in [0.29, 0.717) is 33.4 Å². The minimum atomic E-state index is -0.873. The Morgan fingerprint density at radius 1 is 1.07 bits per heavy atom. The first-order chi connectivity index (χ1) is 13.4. The maximum atomic E-state index is 11.2. The number of halogens is 2. The van der Waals surface area contributed by atoms with Gasteiger partial charge in [0.1, 0.15) is 0 Å². The van der Waals surface area contributed by atoms with Crippen molar-refractivity contribution >= 4 is 34.9 Å². The second-order valence-electron chi connectivity index (χ2n) is 6.74. The molecule has 0 saturated carbocycles. The normalized spacial score (nSPS) is 12.1. The Balaban J connectivity index is 1.62. The summed E-state index contributed by atoms with van der Waals surface area (Å²) in [5.41, 5.74) is 7.93. The van der Waals surface area contributed by atoms with Gasteiger partial charge in [0.2, 0.25) is 0 Å². The zero-order valence-electron chi connectivity index (χ0n) is 15.6. The molecule has 28 heavy (non-hydrogen) atoms. The van der Waals surface area contributed by atoms with Crippen molar-refractivity contribution < 1.29 is 15.0 Å². The smallest absolute Gasteiger partial charge is 0.335 e. The maximum Gasteiger partial charge on any atom is 0.335 e. The third kappa shape index (κ3) is 6.67. The number of aryl methyl sites for hydroxylation is 1. The minimum Gasteiger partial charge on any atom is -0.478 e. The number of aromatic carboxylic acids is 1. The summed E-state index contributed by atoms with van der Waals surface area (Å²) in [6.07, 6.45) is 4.07. The summed E-state index contributed by atoms with van der Waals surface area (Å²) in [4.78, 5) is 11.2. The van der Waals surface area contributed by atoms with Gasteiger partial charge in [-0.05, 0) is 55.1 Å². The summed E-state index contributed by atoms with van der Waals surface area (Å²) >= 11 is 12.0. The van der Waals surface area contributed by atoms with E-state index in [4.69, 9.17) is 28.9 Å². The highest BCUT2D eigenvalue weighted by Crippen LogP contribution is 2.31. The highest BCUT2D eigenvalue weighted by molar-refractivity contribution is 6.38. The molecule has 0 aliphatic carbocycles. The van der Waals surface area contributed by atoms with Crippen LogP contribution in [-0.4, -0.2) is 29.3 Å². The fourth-order valence-corrected chi connectivity index (χ4v) is 3.52. The summed E-state index contributed by atoms with van der Waals surface area (Å²) in [5.74, 6) is -0.873. The van der Waals surface area contributed by atoms with Crippen LogP contribution in [-0.2, 0) is 6.42 Å². The Morgan fingerprint density at radius 3 is 2.39 bits per heavy atom. The molecule has 2 rings (SSSR count). The molecule has 0 aromatic heterocycles. The average Bonchev–Trinajstić information content (AvgIpc) is 2.67. The summed E-state index contributed by atoms with van der Waals surface area (Å²) in [6.45, 7) is 1.20. The molecule has 0 saturated heterocycles. The summed E-state index contributed by atoms with van der Waals surface area (Å²) in [7, 11) is 0. The van der Waals surface area contributed by atoms with E-state index >= 15 is 0 Å². The molecule has 0 aliphatic heterocycles. The van der Waals surface area contributed by atoms with Crippen LogP contribution in [0.3, 0.4) is 0 Å². The lowest BCUT2D eigenvalue weighted by atomic mass is 10.0. The van der Waals surface area contributed by atoms with Crippen LogP contribution in [0.4, 0.5) is 5.69 Å². The van der Waals surface area contributed by atoms with Crippen molar-refractivity contribution in [1.29, 1.82) is 0 Å². The van der Waals surface area contributed by atoms with E-state index in [2.05, 4.69) is 5.32 Å². The number of carboxylic acid groups (broad SMARTS) is 1. The van der Waals surface area contributed by atoms with Crippen LogP contribution in [0, 0.1) is 0 Å². The lowest BCUT2D eigenvalue weighted by Crippen LogP contribution is -2.22. The molecule has 0 fully saturated rings. The molecule has 7 heteroatoms. The SMILES string of the molecule is Nc1c(Cl)cc(C(O)CNCCCCCCc2ccccc2C(=O)O)cc1Cl. The van der Waals surface area contributed by atoms with Crippen molar-refractivity contribution in [3.63, 3.8) is 0 Å². The first-order valence-electron chi connectivity index (χ1n) is 9.34. The number of rotatable bonds is 11. The number of carboxylic acids is 1. The molecular weight excluding hydrogens is 399 g/mol. The van der Waals surface area contributed by atoms with Gasteiger partial charge in [0, 0.05) is 6.54 Å². The van der Waals surface area contributed by atoms with Gasteiger partial charge in [-0.15, -0.1) is 0 Å². The van der Waals surface area contributed by atoms with Crippen molar-refractivity contribution in [2.75, 3.05) is 18.8 Å². The number of aliphatic hydroxyl groups is 1. The van der Waals surface area contributed by atoms with E-state index in [0.717, 1.165) is 44.2 Å². The zero-order valence-corrected chi connectivity index (χ0v) is 17.1. The van der Waals surface area contributed by atoms with E-state index in [1.54, 1.807) is 24.3 Å². The largest absolute Gasteiger partial charge is 0.478 e. The molecular formula is C21H26Cl2N2O3. The van der Waals surface area contributed by atoms with Gasteiger partial charge in [-0.2, -0.15) is 0 Å². The first kappa shape index (κ1) is 22.5. The molecule has 5 nitrogen and oxygen atoms in total. The predicted molar refractivity (Wildman–Crippen MR) is 114 cm³/mol. The molecule has 5 N–H and O–H groups in total. The molecule has 1 atom stereocenters. The molecule has 0 heterocycles. The van der Waals surface area contributed by atoms with Crippen LogP contribution in [0.5, 0.6) is 0 Å². The standard InChI is InChI=1S/C21H26Cl2N2O3/c22-17-11-15(12-18(23)20(17)24)19(26)13-25-10-6-2-1-3-7-14-8-4-5-9-16(14)21(27)28/h4-5,8-9,11-12,19,25-26H,1-3,6-7,10,13,24H2,(H,27,28). The Hall–Kier alpha value is -1.79. The van der Waals surface area contributed by atoms with Gasteiger partial charge in [-0.1, -0.05) is 54.2 Å². The van der Waals surface area contributed by atoms with Crippen LogP contribution < -0.4 is 11.1 Å². The molecule has 0 bridgehead atoms. The van der Waals surface area contributed by atoms with Crippen LogP contribution in [0.2, 0.25) is 10.0 Å². The van der Waals surface area contributed by atoms with Crippen molar-refractivity contribution in [3.8, 4) is 0 Å². The number of anilines is 1. The van der Waals surface area contributed by atoms with Gasteiger partial charge in [-0.3, -0.25) is 0 Å². The van der Waals surface area contributed by atoms with Gasteiger partial charge in [0.05, 0.1) is 27.4 Å². The maximum absolute atomic E-state index is 11.2. The number of unbranched alkanes of at least 4 members (excludes halogenated alkanes) is 3. The molecule has 1 unspecified atom stereocenters. The Labute approximate surface area is 175 Å². The summed E-state index contributed by atoms with van der Waals surface area (Å²) < 4.78 is 0. The summed E-state index contributed by atoms with van der Waals surface area (Å²) in [5, 5.41) is 23.3.